The topological polar surface area (TPSA) is 18.1 Å². The number of para-hydroxylation sites is 3. The molecule has 45 heavy (non-hydrogen) atoms. The average molecular weight is 592 g/mol. The third kappa shape index (κ3) is 3.62. The van der Waals surface area contributed by atoms with Crippen molar-refractivity contribution in [2.75, 3.05) is 0 Å². The normalized spacial score (nSPS) is 12.0. The molecule has 0 saturated carbocycles. The van der Waals surface area contributed by atoms with E-state index in [2.05, 4.69) is 156 Å². The predicted octanol–water partition coefficient (Wildman–Crippen LogP) is 12.4. The Balaban J connectivity index is 1.20. The Morgan fingerprint density at radius 1 is 0.444 bits per heavy atom. The largest absolute Gasteiger partial charge is 0.453 e. The molecular formula is C42H25NOS. The monoisotopic (exact) mass is 591 g/mol. The zero-order chi connectivity index (χ0) is 29.5. The van der Waals surface area contributed by atoms with Crippen molar-refractivity contribution in [3.63, 3.8) is 0 Å². The first-order valence-electron chi connectivity index (χ1n) is 15.3. The minimum atomic E-state index is 0.917. The van der Waals surface area contributed by atoms with Gasteiger partial charge in [0.1, 0.15) is 11.1 Å². The molecule has 0 aliphatic carbocycles. The minimum Gasteiger partial charge on any atom is -0.453 e. The summed E-state index contributed by atoms with van der Waals surface area (Å²) in [5, 5.41) is 7.44. The van der Waals surface area contributed by atoms with E-state index in [4.69, 9.17) is 4.42 Å². The van der Waals surface area contributed by atoms with Crippen molar-refractivity contribution in [2.45, 2.75) is 0 Å². The van der Waals surface area contributed by atoms with Gasteiger partial charge >= 0.3 is 0 Å². The highest BCUT2D eigenvalue weighted by Crippen LogP contribution is 2.45. The van der Waals surface area contributed by atoms with Gasteiger partial charge in [0.25, 0.3) is 0 Å². The molecule has 0 amide bonds. The van der Waals surface area contributed by atoms with Crippen LogP contribution in [0, 0.1) is 0 Å². The van der Waals surface area contributed by atoms with E-state index in [0.29, 0.717) is 0 Å². The highest BCUT2D eigenvalue weighted by molar-refractivity contribution is 7.25. The van der Waals surface area contributed by atoms with E-state index < -0.39 is 0 Å². The second-order valence-electron chi connectivity index (χ2n) is 11.7. The van der Waals surface area contributed by atoms with Crippen molar-refractivity contribution >= 4 is 75.3 Å². The molecule has 0 N–H and O–H groups in total. The number of thiophene rings is 1. The number of nitrogens with zero attached hydrogens (tertiary/aromatic N) is 1. The maximum atomic E-state index is 6.87. The van der Waals surface area contributed by atoms with Crippen molar-refractivity contribution in [3.8, 4) is 27.9 Å². The Morgan fingerprint density at radius 3 is 2.02 bits per heavy atom. The van der Waals surface area contributed by atoms with Crippen molar-refractivity contribution in [3.05, 3.63) is 152 Å². The maximum absolute atomic E-state index is 6.87. The van der Waals surface area contributed by atoms with Gasteiger partial charge in [-0.2, -0.15) is 0 Å². The second kappa shape index (κ2) is 9.43. The van der Waals surface area contributed by atoms with Crippen LogP contribution in [-0.2, 0) is 0 Å². The maximum Gasteiger partial charge on any atom is 0.161 e. The smallest absolute Gasteiger partial charge is 0.161 e. The van der Waals surface area contributed by atoms with E-state index in [0.717, 1.165) is 44.2 Å². The van der Waals surface area contributed by atoms with Crippen LogP contribution >= 0.6 is 11.3 Å². The van der Waals surface area contributed by atoms with Gasteiger partial charge in [-0.3, -0.25) is 0 Å². The van der Waals surface area contributed by atoms with Gasteiger partial charge in [0, 0.05) is 42.2 Å². The van der Waals surface area contributed by atoms with E-state index in [1.165, 1.54) is 47.6 Å². The van der Waals surface area contributed by atoms with E-state index in [9.17, 15) is 0 Å². The summed E-state index contributed by atoms with van der Waals surface area (Å²) in [4.78, 5) is 0. The fourth-order valence-electron chi connectivity index (χ4n) is 7.15. The molecule has 10 aromatic rings. The van der Waals surface area contributed by atoms with E-state index >= 15 is 0 Å². The lowest BCUT2D eigenvalue weighted by Crippen LogP contribution is -1.93. The van der Waals surface area contributed by atoms with Gasteiger partial charge in [0.05, 0.1) is 5.52 Å². The number of rotatable bonds is 3. The first-order chi connectivity index (χ1) is 22.3. The summed E-state index contributed by atoms with van der Waals surface area (Å²) in [6.45, 7) is 0. The molecule has 10 rings (SSSR count). The van der Waals surface area contributed by atoms with Crippen LogP contribution in [0.5, 0.6) is 0 Å². The van der Waals surface area contributed by atoms with Crippen LogP contribution in [0.15, 0.2) is 156 Å². The Bertz CT molecular complexity index is 2760. The van der Waals surface area contributed by atoms with Crippen LogP contribution < -0.4 is 0 Å². The standard InChI is InChI=1S/C42H25NOS/c1-2-13-29(14-3-1)43-37-20-9-8-17-34(37)42-40(43)35-19-10-18-33(41(35)44-42)31-16-7-6-15-30(31)28-21-22-32-36-23-26-11-4-5-12-27(26)24-39(36)45-38(32)25-28/h1-25H. The molecule has 0 aliphatic rings. The summed E-state index contributed by atoms with van der Waals surface area (Å²) in [6, 6.07) is 54.6. The number of hydrogen-bond donors (Lipinski definition) is 0. The molecule has 3 heterocycles. The highest BCUT2D eigenvalue weighted by Gasteiger charge is 2.22. The van der Waals surface area contributed by atoms with E-state index in [1.54, 1.807) is 0 Å². The average Bonchev–Trinajstić information content (AvgIpc) is 3.76. The van der Waals surface area contributed by atoms with Crippen molar-refractivity contribution < 1.29 is 4.42 Å². The summed E-state index contributed by atoms with van der Waals surface area (Å²) in [7, 11) is 0. The quantitative estimate of drug-likeness (QED) is 0.200. The van der Waals surface area contributed by atoms with Crippen LogP contribution in [0.4, 0.5) is 0 Å². The van der Waals surface area contributed by atoms with Gasteiger partial charge in [-0.25, -0.2) is 0 Å². The fourth-order valence-corrected chi connectivity index (χ4v) is 8.32. The third-order valence-electron chi connectivity index (χ3n) is 9.18. The highest BCUT2D eigenvalue weighted by atomic mass is 32.1. The van der Waals surface area contributed by atoms with Crippen LogP contribution in [-0.4, -0.2) is 4.57 Å². The number of hydrogen-bond acceptors (Lipinski definition) is 2. The lowest BCUT2D eigenvalue weighted by molar-refractivity contribution is 0.674. The number of benzene rings is 7. The summed E-state index contributed by atoms with van der Waals surface area (Å²) < 4.78 is 11.8. The second-order valence-corrected chi connectivity index (χ2v) is 12.8. The lowest BCUT2D eigenvalue weighted by atomic mass is 9.93. The molecule has 0 radical (unpaired) electrons. The molecule has 3 heteroatoms. The van der Waals surface area contributed by atoms with Gasteiger partial charge in [-0.05, 0) is 76.0 Å². The van der Waals surface area contributed by atoms with Gasteiger partial charge in [0.2, 0.25) is 0 Å². The summed E-state index contributed by atoms with van der Waals surface area (Å²) in [5.74, 6) is 0. The molecule has 0 saturated heterocycles. The molecule has 3 aromatic heterocycles. The summed E-state index contributed by atoms with van der Waals surface area (Å²) in [6.07, 6.45) is 0. The van der Waals surface area contributed by atoms with E-state index in [1.807, 2.05) is 11.3 Å². The predicted molar refractivity (Wildman–Crippen MR) is 192 cm³/mol. The minimum absolute atomic E-state index is 0.917. The summed E-state index contributed by atoms with van der Waals surface area (Å²) >= 11 is 1.87. The number of furan rings is 1. The molecule has 2 nitrogen and oxygen atoms in total. The zero-order valence-electron chi connectivity index (χ0n) is 24.2. The molecule has 210 valence electrons. The molecular weight excluding hydrogens is 567 g/mol. The first kappa shape index (κ1) is 24.8. The van der Waals surface area contributed by atoms with Crippen LogP contribution in [0.3, 0.4) is 0 Å². The Morgan fingerprint density at radius 2 is 1.13 bits per heavy atom. The Labute approximate surface area is 263 Å². The molecule has 0 aliphatic heterocycles. The third-order valence-corrected chi connectivity index (χ3v) is 10.3. The van der Waals surface area contributed by atoms with Crippen LogP contribution in [0.2, 0.25) is 0 Å². The fraction of sp³-hybridized carbons (Fsp3) is 0. The van der Waals surface area contributed by atoms with Crippen LogP contribution in [0.25, 0.3) is 91.9 Å². The molecule has 7 aromatic carbocycles. The van der Waals surface area contributed by atoms with Gasteiger partial charge in [0.15, 0.2) is 5.58 Å². The zero-order valence-corrected chi connectivity index (χ0v) is 25.0. The van der Waals surface area contributed by atoms with Crippen molar-refractivity contribution in [1.29, 1.82) is 0 Å². The molecule has 0 atom stereocenters. The Kier molecular flexibility index (Phi) is 5.19. The molecule has 0 fully saturated rings. The summed E-state index contributed by atoms with van der Waals surface area (Å²) in [5.41, 5.74) is 9.90. The lowest BCUT2D eigenvalue weighted by Gasteiger charge is -2.11. The first-order valence-corrected chi connectivity index (χ1v) is 16.1. The van der Waals surface area contributed by atoms with Crippen molar-refractivity contribution in [1.82, 2.24) is 4.57 Å². The van der Waals surface area contributed by atoms with Crippen LogP contribution in [0.1, 0.15) is 0 Å². The molecule has 0 unspecified atom stereocenters. The van der Waals surface area contributed by atoms with Gasteiger partial charge in [-0.15, -0.1) is 11.3 Å². The Hall–Kier alpha value is -5.64. The van der Waals surface area contributed by atoms with Crippen molar-refractivity contribution in [2.24, 2.45) is 0 Å². The molecule has 0 spiro atoms. The number of aromatic nitrogens is 1. The SMILES string of the molecule is c1ccc(-n2c3ccccc3c3oc4c(-c5ccccc5-c5ccc6c(c5)sc5cc7ccccc7cc56)cccc4c32)cc1. The van der Waals surface area contributed by atoms with E-state index in [-0.39, 0.29) is 0 Å². The van der Waals surface area contributed by atoms with Gasteiger partial charge < -0.3 is 8.98 Å². The van der Waals surface area contributed by atoms with Gasteiger partial charge in [-0.1, -0.05) is 103 Å². The number of fused-ring (bicyclic) bond motifs is 9. The molecule has 0 bridgehead atoms.